The molecule has 0 saturated carbocycles. The summed E-state index contributed by atoms with van der Waals surface area (Å²) in [7, 11) is 0. The zero-order chi connectivity index (χ0) is 13.7. The Labute approximate surface area is 112 Å². The Kier molecular flexibility index (Phi) is 4.63. The number of rotatable bonds is 5. The Morgan fingerprint density at radius 1 is 1.42 bits per heavy atom. The highest BCUT2D eigenvalue weighted by Gasteiger charge is 2.20. The van der Waals surface area contributed by atoms with Crippen molar-refractivity contribution in [3.05, 3.63) is 23.8 Å². The highest BCUT2D eigenvalue weighted by atomic mass is 16.6. The van der Waals surface area contributed by atoms with Crippen molar-refractivity contribution in [2.24, 2.45) is 0 Å². The molecule has 0 radical (unpaired) electrons. The summed E-state index contributed by atoms with van der Waals surface area (Å²) in [5.41, 5.74) is 0.445. The summed E-state index contributed by atoms with van der Waals surface area (Å²) in [6.07, 6.45) is 1.05. The lowest BCUT2D eigenvalue weighted by Gasteiger charge is -2.20. The van der Waals surface area contributed by atoms with Crippen LogP contribution in [-0.2, 0) is 0 Å². The third kappa shape index (κ3) is 3.38. The molecule has 0 aliphatic carbocycles. The lowest BCUT2D eigenvalue weighted by atomic mass is 10.1. The SMILES string of the molecule is CCCC(O)CNC(=O)c1cccc2c1OCCO2. The van der Waals surface area contributed by atoms with Crippen LogP contribution in [0, 0.1) is 0 Å². The van der Waals surface area contributed by atoms with Crippen LogP contribution < -0.4 is 14.8 Å². The number of para-hydroxylation sites is 1. The summed E-state index contributed by atoms with van der Waals surface area (Å²) >= 11 is 0. The van der Waals surface area contributed by atoms with Crippen molar-refractivity contribution in [3.63, 3.8) is 0 Å². The van der Waals surface area contributed by atoms with Crippen molar-refractivity contribution < 1.29 is 19.4 Å². The van der Waals surface area contributed by atoms with E-state index in [9.17, 15) is 9.90 Å². The summed E-state index contributed by atoms with van der Waals surface area (Å²) in [6, 6.07) is 5.22. The molecule has 0 fully saturated rings. The van der Waals surface area contributed by atoms with Crippen molar-refractivity contribution in [3.8, 4) is 11.5 Å². The minimum Gasteiger partial charge on any atom is -0.486 e. The Morgan fingerprint density at radius 3 is 3.00 bits per heavy atom. The van der Waals surface area contributed by atoms with E-state index < -0.39 is 6.10 Å². The normalized spacial score (nSPS) is 14.8. The molecule has 0 bridgehead atoms. The Balaban J connectivity index is 2.03. The topological polar surface area (TPSA) is 67.8 Å². The van der Waals surface area contributed by atoms with Gasteiger partial charge in [-0.25, -0.2) is 0 Å². The number of carbonyl (C=O) groups is 1. The van der Waals surface area contributed by atoms with E-state index in [0.717, 1.165) is 6.42 Å². The zero-order valence-corrected chi connectivity index (χ0v) is 11.0. The zero-order valence-electron chi connectivity index (χ0n) is 11.0. The predicted octanol–water partition coefficient (Wildman–Crippen LogP) is 1.35. The fraction of sp³-hybridized carbons (Fsp3) is 0.500. The maximum Gasteiger partial charge on any atom is 0.255 e. The minimum absolute atomic E-state index is 0.247. The predicted molar refractivity (Wildman–Crippen MR) is 70.7 cm³/mol. The van der Waals surface area contributed by atoms with Gasteiger partial charge in [-0.05, 0) is 18.6 Å². The Morgan fingerprint density at radius 2 is 2.21 bits per heavy atom. The summed E-state index contributed by atoms with van der Waals surface area (Å²) < 4.78 is 10.9. The molecule has 1 aliphatic heterocycles. The van der Waals surface area contributed by atoms with Crippen LogP contribution in [0.1, 0.15) is 30.1 Å². The van der Waals surface area contributed by atoms with Gasteiger partial charge >= 0.3 is 0 Å². The quantitative estimate of drug-likeness (QED) is 0.843. The summed E-state index contributed by atoms with van der Waals surface area (Å²) in [4.78, 5) is 12.1. The van der Waals surface area contributed by atoms with Gasteiger partial charge in [-0.1, -0.05) is 19.4 Å². The standard InChI is InChI=1S/C14H19NO4/c1-2-4-10(16)9-15-14(17)11-5-3-6-12-13(11)19-8-7-18-12/h3,5-6,10,16H,2,4,7-9H2,1H3,(H,15,17). The first-order chi connectivity index (χ1) is 9.22. The lowest BCUT2D eigenvalue weighted by Crippen LogP contribution is -2.32. The fourth-order valence-corrected chi connectivity index (χ4v) is 1.99. The number of ether oxygens (including phenoxy) is 2. The number of hydrogen-bond acceptors (Lipinski definition) is 4. The number of benzene rings is 1. The minimum atomic E-state index is -0.509. The van der Waals surface area contributed by atoms with Gasteiger partial charge in [-0.15, -0.1) is 0 Å². The van der Waals surface area contributed by atoms with Gasteiger partial charge in [0.15, 0.2) is 11.5 Å². The second-order valence-electron chi connectivity index (χ2n) is 4.48. The first-order valence-corrected chi connectivity index (χ1v) is 6.57. The van der Waals surface area contributed by atoms with E-state index in [-0.39, 0.29) is 12.5 Å². The van der Waals surface area contributed by atoms with Crippen molar-refractivity contribution in [2.45, 2.75) is 25.9 Å². The van der Waals surface area contributed by atoms with Crippen molar-refractivity contribution in [1.29, 1.82) is 0 Å². The molecule has 1 heterocycles. The molecule has 1 aromatic carbocycles. The van der Waals surface area contributed by atoms with Crippen molar-refractivity contribution in [1.82, 2.24) is 5.32 Å². The van der Waals surface area contributed by atoms with E-state index in [0.29, 0.717) is 36.7 Å². The van der Waals surface area contributed by atoms with E-state index >= 15 is 0 Å². The molecule has 1 amide bonds. The van der Waals surface area contributed by atoms with Gasteiger partial charge in [0.25, 0.3) is 5.91 Å². The number of hydrogen-bond donors (Lipinski definition) is 2. The van der Waals surface area contributed by atoms with Crippen LogP contribution in [0.4, 0.5) is 0 Å². The summed E-state index contributed by atoms with van der Waals surface area (Å²) in [5, 5.41) is 12.3. The van der Waals surface area contributed by atoms with Gasteiger partial charge in [-0.3, -0.25) is 4.79 Å². The summed E-state index contributed by atoms with van der Waals surface area (Å²) in [6.45, 7) is 3.17. The molecular weight excluding hydrogens is 246 g/mol. The van der Waals surface area contributed by atoms with Gasteiger partial charge in [0.2, 0.25) is 0 Å². The summed E-state index contributed by atoms with van der Waals surface area (Å²) in [5.74, 6) is 0.821. The Bertz CT molecular complexity index is 447. The molecular formula is C14H19NO4. The van der Waals surface area contributed by atoms with Crippen molar-refractivity contribution >= 4 is 5.91 Å². The second kappa shape index (κ2) is 6.43. The van der Waals surface area contributed by atoms with E-state index in [1.807, 2.05) is 6.92 Å². The van der Waals surface area contributed by atoms with Gasteiger partial charge in [0, 0.05) is 6.54 Å². The van der Waals surface area contributed by atoms with Crippen LogP contribution >= 0.6 is 0 Å². The molecule has 2 N–H and O–H groups in total. The first kappa shape index (κ1) is 13.7. The first-order valence-electron chi connectivity index (χ1n) is 6.57. The number of carbonyl (C=O) groups excluding carboxylic acids is 1. The van der Waals surface area contributed by atoms with Gasteiger partial charge in [0.1, 0.15) is 13.2 Å². The van der Waals surface area contributed by atoms with E-state index in [2.05, 4.69) is 5.32 Å². The molecule has 0 saturated heterocycles. The number of aliphatic hydroxyl groups is 1. The third-order valence-electron chi connectivity index (χ3n) is 2.93. The molecule has 2 rings (SSSR count). The highest BCUT2D eigenvalue weighted by molar-refractivity contribution is 5.97. The van der Waals surface area contributed by atoms with Crippen LogP contribution in [0.25, 0.3) is 0 Å². The smallest absolute Gasteiger partial charge is 0.255 e. The average Bonchev–Trinajstić information content (AvgIpc) is 2.44. The molecule has 1 aromatic rings. The van der Waals surface area contributed by atoms with Crippen LogP contribution in [-0.4, -0.2) is 36.9 Å². The van der Waals surface area contributed by atoms with Crippen LogP contribution in [0.15, 0.2) is 18.2 Å². The van der Waals surface area contributed by atoms with Gasteiger partial charge in [-0.2, -0.15) is 0 Å². The number of fused-ring (bicyclic) bond motifs is 1. The lowest BCUT2D eigenvalue weighted by molar-refractivity contribution is 0.0899. The van der Waals surface area contributed by atoms with E-state index in [4.69, 9.17) is 9.47 Å². The monoisotopic (exact) mass is 265 g/mol. The average molecular weight is 265 g/mol. The van der Waals surface area contributed by atoms with Crippen molar-refractivity contribution in [2.75, 3.05) is 19.8 Å². The molecule has 1 unspecified atom stereocenters. The fourth-order valence-electron chi connectivity index (χ4n) is 1.99. The maximum absolute atomic E-state index is 12.1. The van der Waals surface area contributed by atoms with Crippen LogP contribution in [0.2, 0.25) is 0 Å². The van der Waals surface area contributed by atoms with Gasteiger partial charge < -0.3 is 19.9 Å². The molecule has 0 aromatic heterocycles. The maximum atomic E-state index is 12.1. The number of amides is 1. The molecule has 5 nitrogen and oxygen atoms in total. The van der Waals surface area contributed by atoms with Crippen LogP contribution in [0.5, 0.6) is 11.5 Å². The molecule has 19 heavy (non-hydrogen) atoms. The Hall–Kier alpha value is -1.75. The third-order valence-corrected chi connectivity index (χ3v) is 2.93. The number of nitrogens with one attached hydrogen (secondary N) is 1. The van der Waals surface area contributed by atoms with E-state index in [1.54, 1.807) is 18.2 Å². The molecule has 1 atom stereocenters. The molecule has 0 spiro atoms. The molecule has 104 valence electrons. The molecule has 5 heteroatoms. The molecule has 1 aliphatic rings. The highest BCUT2D eigenvalue weighted by Crippen LogP contribution is 2.33. The largest absolute Gasteiger partial charge is 0.486 e. The van der Waals surface area contributed by atoms with Gasteiger partial charge in [0.05, 0.1) is 11.7 Å². The second-order valence-corrected chi connectivity index (χ2v) is 4.48. The van der Waals surface area contributed by atoms with E-state index in [1.165, 1.54) is 0 Å². The van der Waals surface area contributed by atoms with Crippen LogP contribution in [0.3, 0.4) is 0 Å². The number of aliphatic hydroxyl groups excluding tert-OH is 1.